The summed E-state index contributed by atoms with van der Waals surface area (Å²) in [6, 6.07) is 0. The van der Waals surface area contributed by atoms with Gasteiger partial charge in [-0.1, -0.05) is 6.92 Å². The number of aliphatic imine (C=N–C) groups is 1. The van der Waals surface area contributed by atoms with Crippen molar-refractivity contribution in [3.63, 3.8) is 0 Å². The zero-order valence-electron chi connectivity index (χ0n) is 16.0. The van der Waals surface area contributed by atoms with Crippen LogP contribution in [0.1, 0.15) is 24.8 Å². The highest BCUT2D eigenvalue weighted by atomic mass is 15.3. The average Bonchev–Trinajstić information content (AvgIpc) is 3.28. The Morgan fingerprint density at radius 3 is 2.64 bits per heavy atom. The Hall–Kier alpha value is -1.60. The van der Waals surface area contributed by atoms with Crippen LogP contribution in [0.2, 0.25) is 0 Å². The molecule has 25 heavy (non-hydrogen) atoms. The number of hydrogen-bond donors (Lipinski definition) is 1. The molecular formula is C18H33N7. The van der Waals surface area contributed by atoms with Gasteiger partial charge in [0.1, 0.15) is 0 Å². The minimum Gasteiger partial charge on any atom is -0.355 e. The summed E-state index contributed by atoms with van der Waals surface area (Å²) in [7, 11) is 3.87. The lowest BCUT2D eigenvalue weighted by Gasteiger charge is -2.34. The summed E-state index contributed by atoms with van der Waals surface area (Å²) >= 11 is 0. The monoisotopic (exact) mass is 347 g/mol. The average molecular weight is 348 g/mol. The van der Waals surface area contributed by atoms with Gasteiger partial charge < -0.3 is 15.1 Å². The summed E-state index contributed by atoms with van der Waals surface area (Å²) in [5, 5.41) is 7.87. The van der Waals surface area contributed by atoms with Gasteiger partial charge in [-0.25, -0.2) is 0 Å². The third-order valence-electron chi connectivity index (χ3n) is 5.52. The van der Waals surface area contributed by atoms with E-state index in [4.69, 9.17) is 0 Å². The van der Waals surface area contributed by atoms with E-state index in [-0.39, 0.29) is 0 Å². The fraction of sp³-hybridized carbons (Fsp3) is 0.778. The van der Waals surface area contributed by atoms with E-state index < -0.39 is 0 Å². The van der Waals surface area contributed by atoms with Crippen LogP contribution in [0.5, 0.6) is 0 Å². The summed E-state index contributed by atoms with van der Waals surface area (Å²) in [5.74, 6) is 1.60. The second-order valence-electron chi connectivity index (χ2n) is 7.13. The maximum atomic E-state index is 4.50. The summed E-state index contributed by atoms with van der Waals surface area (Å²) in [6.45, 7) is 12.3. The van der Waals surface area contributed by atoms with E-state index in [1.54, 1.807) is 0 Å². The molecule has 1 atom stereocenters. The van der Waals surface area contributed by atoms with Gasteiger partial charge in [-0.3, -0.25) is 14.6 Å². The molecule has 1 aromatic heterocycles. The fourth-order valence-corrected chi connectivity index (χ4v) is 3.86. The zero-order valence-corrected chi connectivity index (χ0v) is 16.0. The molecule has 1 unspecified atom stereocenters. The summed E-state index contributed by atoms with van der Waals surface area (Å²) in [4.78, 5) is 11.9. The van der Waals surface area contributed by atoms with Crippen LogP contribution >= 0.6 is 0 Å². The topological polar surface area (TPSA) is 51.9 Å². The van der Waals surface area contributed by atoms with Crippen LogP contribution in [-0.2, 0) is 7.05 Å². The molecule has 0 bridgehead atoms. The molecule has 1 N–H and O–H groups in total. The molecule has 0 amide bonds. The van der Waals surface area contributed by atoms with Gasteiger partial charge in [0, 0.05) is 78.6 Å². The first-order valence-electron chi connectivity index (χ1n) is 9.58. The van der Waals surface area contributed by atoms with E-state index in [9.17, 15) is 0 Å². The Morgan fingerprint density at radius 2 is 2.00 bits per heavy atom. The van der Waals surface area contributed by atoms with Crippen LogP contribution in [0.3, 0.4) is 0 Å². The van der Waals surface area contributed by atoms with Crippen LogP contribution in [0, 0.1) is 0 Å². The molecule has 2 aliphatic heterocycles. The van der Waals surface area contributed by atoms with Crippen LogP contribution in [0.25, 0.3) is 0 Å². The van der Waals surface area contributed by atoms with Crippen molar-refractivity contribution in [2.45, 2.75) is 19.3 Å². The largest absolute Gasteiger partial charge is 0.355 e. The minimum absolute atomic E-state index is 0.564. The molecule has 1 aromatic rings. The Morgan fingerprint density at radius 1 is 1.24 bits per heavy atom. The molecule has 2 fully saturated rings. The maximum Gasteiger partial charge on any atom is 0.193 e. The van der Waals surface area contributed by atoms with Gasteiger partial charge in [0.25, 0.3) is 0 Å². The summed E-state index contributed by atoms with van der Waals surface area (Å²) in [6.07, 6.45) is 5.31. The predicted molar refractivity (Wildman–Crippen MR) is 102 cm³/mol. The second kappa shape index (κ2) is 8.67. The minimum atomic E-state index is 0.564. The maximum absolute atomic E-state index is 4.50. The van der Waals surface area contributed by atoms with Crippen molar-refractivity contribution in [2.24, 2.45) is 12.0 Å². The third-order valence-corrected chi connectivity index (χ3v) is 5.52. The third kappa shape index (κ3) is 4.73. The first-order chi connectivity index (χ1) is 12.2. The molecule has 0 saturated carbocycles. The number of hydrogen-bond acceptors (Lipinski definition) is 4. The zero-order chi connectivity index (χ0) is 17.6. The molecule has 2 aliphatic rings. The van der Waals surface area contributed by atoms with Crippen LogP contribution in [-0.4, -0.2) is 96.4 Å². The SMILES string of the molecule is CCN1CCN(CCNC(=NC)N2CCC(c3cnn(C)c3)C2)CC1. The van der Waals surface area contributed by atoms with E-state index in [1.165, 1.54) is 44.7 Å². The molecule has 2 saturated heterocycles. The molecule has 0 spiro atoms. The molecule has 0 radical (unpaired) electrons. The van der Waals surface area contributed by atoms with E-state index in [0.717, 1.165) is 32.1 Å². The number of piperazine rings is 1. The van der Waals surface area contributed by atoms with Crippen molar-refractivity contribution in [3.8, 4) is 0 Å². The number of nitrogens with zero attached hydrogens (tertiary/aromatic N) is 6. The Balaban J connectivity index is 1.41. The molecule has 3 rings (SSSR count). The lowest BCUT2D eigenvalue weighted by atomic mass is 10.0. The Kier molecular flexibility index (Phi) is 6.31. The van der Waals surface area contributed by atoms with Crippen molar-refractivity contribution in [1.82, 2.24) is 29.8 Å². The Labute approximate surface area is 151 Å². The van der Waals surface area contributed by atoms with Gasteiger partial charge in [0.2, 0.25) is 0 Å². The van der Waals surface area contributed by atoms with E-state index in [0.29, 0.717) is 5.92 Å². The number of aromatic nitrogens is 2. The van der Waals surface area contributed by atoms with Crippen molar-refractivity contribution in [1.29, 1.82) is 0 Å². The van der Waals surface area contributed by atoms with Crippen molar-refractivity contribution >= 4 is 5.96 Å². The van der Waals surface area contributed by atoms with Gasteiger partial charge in [-0.05, 0) is 18.5 Å². The van der Waals surface area contributed by atoms with E-state index in [2.05, 4.69) is 43.2 Å². The number of likely N-dealkylation sites (N-methyl/N-ethyl adjacent to an activating group) is 1. The number of guanidine groups is 1. The van der Waals surface area contributed by atoms with Crippen LogP contribution in [0.15, 0.2) is 17.4 Å². The second-order valence-corrected chi connectivity index (χ2v) is 7.13. The lowest BCUT2D eigenvalue weighted by Crippen LogP contribution is -2.49. The smallest absolute Gasteiger partial charge is 0.193 e. The van der Waals surface area contributed by atoms with Gasteiger partial charge >= 0.3 is 0 Å². The van der Waals surface area contributed by atoms with Crippen LogP contribution in [0.4, 0.5) is 0 Å². The highest BCUT2D eigenvalue weighted by molar-refractivity contribution is 5.80. The van der Waals surface area contributed by atoms with E-state index in [1.807, 2.05) is 25.0 Å². The number of rotatable bonds is 5. The van der Waals surface area contributed by atoms with Gasteiger partial charge in [0.05, 0.1) is 6.20 Å². The molecular weight excluding hydrogens is 314 g/mol. The highest BCUT2D eigenvalue weighted by Crippen LogP contribution is 2.26. The number of aryl methyl sites for hydroxylation is 1. The van der Waals surface area contributed by atoms with Crippen LogP contribution < -0.4 is 5.32 Å². The first-order valence-corrected chi connectivity index (χ1v) is 9.58. The normalized spacial score (nSPS) is 23.4. The van der Waals surface area contributed by atoms with Gasteiger partial charge in [-0.15, -0.1) is 0 Å². The quantitative estimate of drug-likeness (QED) is 0.618. The lowest BCUT2D eigenvalue weighted by molar-refractivity contribution is 0.139. The van der Waals surface area contributed by atoms with E-state index >= 15 is 0 Å². The first kappa shape index (κ1) is 18.2. The van der Waals surface area contributed by atoms with Gasteiger partial charge in [-0.2, -0.15) is 5.10 Å². The molecule has 7 nitrogen and oxygen atoms in total. The highest BCUT2D eigenvalue weighted by Gasteiger charge is 2.27. The van der Waals surface area contributed by atoms with Crippen molar-refractivity contribution in [3.05, 3.63) is 18.0 Å². The molecule has 140 valence electrons. The number of likely N-dealkylation sites (tertiary alicyclic amines) is 1. The molecule has 3 heterocycles. The standard InChI is InChI=1S/C18H33N7/c1-4-23-9-11-24(12-10-23)8-6-20-18(19-2)25-7-5-16(15-25)17-13-21-22(3)14-17/h13-14,16H,4-12,15H2,1-3H3,(H,19,20). The van der Waals surface area contributed by atoms with Gasteiger partial charge in [0.15, 0.2) is 5.96 Å². The Bertz CT molecular complexity index is 560. The fourth-order valence-electron chi connectivity index (χ4n) is 3.86. The summed E-state index contributed by atoms with van der Waals surface area (Å²) in [5.41, 5.74) is 1.34. The number of nitrogens with one attached hydrogen (secondary N) is 1. The molecule has 7 heteroatoms. The van der Waals surface area contributed by atoms with Crippen molar-refractivity contribution < 1.29 is 0 Å². The molecule has 0 aliphatic carbocycles. The summed E-state index contributed by atoms with van der Waals surface area (Å²) < 4.78 is 1.89. The van der Waals surface area contributed by atoms with Crippen molar-refractivity contribution in [2.75, 3.05) is 66.0 Å². The molecule has 0 aromatic carbocycles. The predicted octanol–water partition coefficient (Wildman–Crippen LogP) is 0.422.